The number of hydrogen-bond acceptors (Lipinski definition) is 4. The third kappa shape index (κ3) is 5.86. The fourth-order valence-electron chi connectivity index (χ4n) is 2.79. The first-order valence-corrected chi connectivity index (χ1v) is 9.82. The van der Waals surface area contributed by atoms with Crippen LogP contribution in [0.5, 0.6) is 11.6 Å². The Hall–Kier alpha value is -2.76. The zero-order valence-electron chi connectivity index (χ0n) is 16.1. The van der Waals surface area contributed by atoms with Crippen LogP contribution in [-0.2, 0) is 11.3 Å². The Bertz CT molecular complexity index is 966. The van der Waals surface area contributed by atoms with Crippen molar-refractivity contribution in [2.45, 2.75) is 19.5 Å². The summed E-state index contributed by atoms with van der Waals surface area (Å²) in [6.45, 7) is 2.40. The largest absolute Gasteiger partial charge is 0.438 e. The molecular weight excluding hydrogens is 409 g/mol. The van der Waals surface area contributed by atoms with Crippen LogP contribution < -0.4 is 10.1 Å². The summed E-state index contributed by atoms with van der Waals surface area (Å²) in [4.78, 5) is 18.4. The fraction of sp³-hybridized carbons (Fsp3) is 0.182. The number of rotatable bonds is 7. The molecule has 0 radical (unpaired) electrons. The number of amides is 1. The van der Waals surface area contributed by atoms with Gasteiger partial charge in [-0.3, -0.25) is 4.79 Å². The molecule has 1 N–H and O–H groups in total. The molecule has 2 aromatic carbocycles. The third-order valence-corrected chi connectivity index (χ3v) is 4.71. The summed E-state index contributed by atoms with van der Waals surface area (Å²) < 4.78 is 5.67. The number of nitrogens with zero attached hydrogens (tertiary/aromatic N) is 2. The number of carbonyl (C=O) groups is 1. The van der Waals surface area contributed by atoms with Gasteiger partial charge in [0.15, 0.2) is 0 Å². The minimum Gasteiger partial charge on any atom is -0.438 e. The highest BCUT2D eigenvalue weighted by atomic mass is 35.5. The van der Waals surface area contributed by atoms with Gasteiger partial charge in [-0.05, 0) is 42.8 Å². The van der Waals surface area contributed by atoms with Crippen molar-refractivity contribution in [3.63, 3.8) is 0 Å². The monoisotopic (exact) mass is 429 g/mol. The number of pyridine rings is 1. The molecule has 0 fully saturated rings. The average molecular weight is 430 g/mol. The molecule has 1 amide bonds. The Kier molecular flexibility index (Phi) is 6.96. The molecule has 0 aliphatic heterocycles. The average Bonchev–Trinajstić information content (AvgIpc) is 2.71. The number of carbonyl (C=O) groups excluding carboxylic acids is 1. The Morgan fingerprint density at radius 3 is 2.48 bits per heavy atom. The Morgan fingerprint density at radius 2 is 1.83 bits per heavy atom. The zero-order chi connectivity index (χ0) is 20.8. The quantitative estimate of drug-likeness (QED) is 0.527. The molecule has 0 spiro atoms. The standard InChI is InChI=1S/C22H21Cl2N3O2/c1-15(22(28)27(2)14-16-6-4-3-5-7-16)26-18-8-10-19(11-9-18)29-21-20(24)12-17(23)13-25-21/h3-13,15,26H,14H2,1-2H3. The molecule has 0 bridgehead atoms. The van der Waals surface area contributed by atoms with Gasteiger partial charge in [0.05, 0.1) is 5.02 Å². The van der Waals surface area contributed by atoms with Crippen LogP contribution in [0.15, 0.2) is 66.9 Å². The molecule has 5 nitrogen and oxygen atoms in total. The summed E-state index contributed by atoms with van der Waals surface area (Å²) in [5.41, 5.74) is 1.90. The van der Waals surface area contributed by atoms with Gasteiger partial charge in [0.25, 0.3) is 0 Å². The molecule has 1 unspecified atom stereocenters. The summed E-state index contributed by atoms with van der Waals surface area (Å²) in [5.74, 6) is 0.863. The number of aromatic nitrogens is 1. The van der Waals surface area contributed by atoms with Gasteiger partial charge in [-0.25, -0.2) is 4.98 Å². The van der Waals surface area contributed by atoms with Crippen molar-refractivity contribution >= 4 is 34.8 Å². The molecule has 29 heavy (non-hydrogen) atoms. The van der Waals surface area contributed by atoms with E-state index in [0.717, 1.165) is 11.3 Å². The fourth-order valence-corrected chi connectivity index (χ4v) is 3.20. The van der Waals surface area contributed by atoms with E-state index in [1.807, 2.05) is 49.4 Å². The van der Waals surface area contributed by atoms with Crippen molar-refractivity contribution in [1.82, 2.24) is 9.88 Å². The molecule has 0 aliphatic rings. The van der Waals surface area contributed by atoms with E-state index >= 15 is 0 Å². The minimum absolute atomic E-state index is 0.00586. The molecule has 0 aliphatic carbocycles. The van der Waals surface area contributed by atoms with Crippen LogP contribution in [0.1, 0.15) is 12.5 Å². The maximum absolute atomic E-state index is 12.6. The molecule has 1 heterocycles. The Labute approximate surface area is 180 Å². The predicted octanol–water partition coefficient (Wildman–Crippen LogP) is 5.64. The van der Waals surface area contributed by atoms with Crippen LogP contribution in [-0.4, -0.2) is 28.9 Å². The van der Waals surface area contributed by atoms with Gasteiger partial charge in [-0.15, -0.1) is 0 Å². The molecule has 1 atom stereocenters. The van der Waals surface area contributed by atoms with Crippen LogP contribution in [0.25, 0.3) is 0 Å². The lowest BCUT2D eigenvalue weighted by molar-refractivity contribution is -0.130. The number of anilines is 1. The number of halogens is 2. The van der Waals surface area contributed by atoms with E-state index in [1.165, 1.54) is 6.20 Å². The maximum atomic E-state index is 12.6. The second kappa shape index (κ2) is 9.63. The van der Waals surface area contributed by atoms with Gasteiger partial charge in [-0.1, -0.05) is 53.5 Å². The number of nitrogens with one attached hydrogen (secondary N) is 1. The lowest BCUT2D eigenvalue weighted by atomic mass is 10.2. The SMILES string of the molecule is CC(Nc1ccc(Oc2ncc(Cl)cc2Cl)cc1)C(=O)N(C)Cc1ccccc1. The van der Waals surface area contributed by atoms with Crippen molar-refractivity contribution in [2.75, 3.05) is 12.4 Å². The first kappa shape index (κ1) is 21.0. The van der Waals surface area contributed by atoms with Crippen molar-refractivity contribution in [2.24, 2.45) is 0 Å². The highest BCUT2D eigenvalue weighted by Crippen LogP contribution is 2.29. The lowest BCUT2D eigenvalue weighted by Gasteiger charge is -2.23. The number of benzene rings is 2. The summed E-state index contributed by atoms with van der Waals surface area (Å²) in [6, 6.07) is 18.3. The molecule has 1 aromatic heterocycles. The van der Waals surface area contributed by atoms with Crippen molar-refractivity contribution in [3.8, 4) is 11.6 Å². The van der Waals surface area contributed by atoms with E-state index in [0.29, 0.717) is 22.3 Å². The van der Waals surface area contributed by atoms with Gasteiger partial charge >= 0.3 is 0 Å². The Balaban J connectivity index is 1.57. The summed E-state index contributed by atoms with van der Waals surface area (Å²) >= 11 is 11.9. The second-order valence-corrected chi connectivity index (χ2v) is 7.46. The lowest BCUT2D eigenvalue weighted by Crippen LogP contribution is -2.38. The summed E-state index contributed by atoms with van der Waals surface area (Å²) in [7, 11) is 1.80. The Morgan fingerprint density at radius 1 is 1.14 bits per heavy atom. The highest BCUT2D eigenvalue weighted by Gasteiger charge is 2.17. The summed E-state index contributed by atoms with van der Waals surface area (Å²) in [6.07, 6.45) is 1.47. The molecule has 3 aromatic rings. The van der Waals surface area contributed by atoms with Crippen molar-refractivity contribution in [3.05, 3.63) is 82.5 Å². The van der Waals surface area contributed by atoms with Crippen LogP contribution in [0.3, 0.4) is 0 Å². The number of ether oxygens (including phenoxy) is 1. The van der Waals surface area contributed by atoms with E-state index in [1.54, 1.807) is 30.1 Å². The molecule has 0 saturated carbocycles. The van der Waals surface area contributed by atoms with Gasteiger partial charge in [0.2, 0.25) is 11.8 Å². The van der Waals surface area contributed by atoms with E-state index in [4.69, 9.17) is 27.9 Å². The smallest absolute Gasteiger partial charge is 0.244 e. The van der Waals surface area contributed by atoms with Crippen molar-refractivity contribution < 1.29 is 9.53 Å². The van der Waals surface area contributed by atoms with Crippen LogP contribution >= 0.6 is 23.2 Å². The molecular formula is C22H21Cl2N3O2. The zero-order valence-corrected chi connectivity index (χ0v) is 17.6. The first-order valence-electron chi connectivity index (χ1n) is 9.07. The van der Waals surface area contributed by atoms with E-state index < -0.39 is 0 Å². The van der Waals surface area contributed by atoms with E-state index in [9.17, 15) is 4.79 Å². The highest BCUT2D eigenvalue weighted by molar-refractivity contribution is 6.35. The predicted molar refractivity (Wildman–Crippen MR) is 117 cm³/mol. The third-order valence-electron chi connectivity index (χ3n) is 4.24. The molecule has 3 rings (SSSR count). The number of likely N-dealkylation sites (N-methyl/N-ethyl adjacent to an activating group) is 1. The van der Waals surface area contributed by atoms with Gasteiger partial charge in [0, 0.05) is 25.5 Å². The van der Waals surface area contributed by atoms with Crippen LogP contribution in [0.2, 0.25) is 10.0 Å². The maximum Gasteiger partial charge on any atom is 0.244 e. The van der Waals surface area contributed by atoms with Gasteiger partial charge in [0.1, 0.15) is 16.8 Å². The van der Waals surface area contributed by atoms with Crippen LogP contribution in [0, 0.1) is 0 Å². The molecule has 0 saturated heterocycles. The van der Waals surface area contributed by atoms with E-state index in [-0.39, 0.29) is 17.8 Å². The molecule has 150 valence electrons. The van der Waals surface area contributed by atoms with Crippen LogP contribution in [0.4, 0.5) is 5.69 Å². The number of hydrogen-bond donors (Lipinski definition) is 1. The second-order valence-electron chi connectivity index (χ2n) is 6.61. The van der Waals surface area contributed by atoms with Crippen molar-refractivity contribution in [1.29, 1.82) is 0 Å². The molecule has 7 heteroatoms. The van der Waals surface area contributed by atoms with Gasteiger partial charge in [-0.2, -0.15) is 0 Å². The van der Waals surface area contributed by atoms with E-state index in [2.05, 4.69) is 10.3 Å². The normalized spacial score (nSPS) is 11.6. The summed E-state index contributed by atoms with van der Waals surface area (Å²) in [5, 5.41) is 3.99. The minimum atomic E-state index is -0.372. The first-order chi connectivity index (χ1) is 13.9. The topological polar surface area (TPSA) is 54.5 Å². The van der Waals surface area contributed by atoms with Gasteiger partial charge < -0.3 is 15.0 Å².